The van der Waals surface area contributed by atoms with Crippen LogP contribution in [0.1, 0.15) is 15.2 Å². The first kappa shape index (κ1) is 12.5. The number of carbonyl (C=O) groups is 1. The summed E-state index contributed by atoms with van der Waals surface area (Å²) >= 11 is 5.65. The lowest BCUT2D eigenvalue weighted by molar-refractivity contribution is 0.103. The van der Waals surface area contributed by atoms with Gasteiger partial charge < -0.3 is 11.1 Å². The van der Waals surface area contributed by atoms with E-state index in [1.807, 2.05) is 0 Å². The molecule has 1 aromatic carbocycles. The highest BCUT2D eigenvalue weighted by molar-refractivity contribution is 7.80. The first-order valence-electron chi connectivity index (χ1n) is 4.76. The van der Waals surface area contributed by atoms with Crippen molar-refractivity contribution < 1.29 is 9.18 Å². The third-order valence-corrected chi connectivity index (χ3v) is 2.99. The topological polar surface area (TPSA) is 80.9 Å². The molecule has 1 heterocycles. The summed E-state index contributed by atoms with van der Waals surface area (Å²) in [7, 11) is 0. The second-order valence-corrected chi connectivity index (χ2v) is 4.52. The van der Waals surface area contributed by atoms with Crippen LogP contribution < -0.4 is 11.1 Å². The Kier molecular flexibility index (Phi) is 3.58. The lowest BCUT2D eigenvalue weighted by atomic mass is 10.2. The van der Waals surface area contributed by atoms with Gasteiger partial charge in [0.25, 0.3) is 5.91 Å². The van der Waals surface area contributed by atoms with Gasteiger partial charge in [-0.25, -0.2) is 4.39 Å². The number of hydrogen-bond acceptors (Lipinski definition) is 5. The predicted octanol–water partition coefficient (Wildman–Crippen LogP) is 1.56. The van der Waals surface area contributed by atoms with Gasteiger partial charge in [-0.2, -0.15) is 0 Å². The summed E-state index contributed by atoms with van der Waals surface area (Å²) in [5.74, 6) is -1.07. The molecule has 5 nitrogen and oxygen atoms in total. The fourth-order valence-corrected chi connectivity index (χ4v) is 1.76. The minimum Gasteiger partial charge on any atom is -0.389 e. The number of amides is 1. The number of aromatic nitrogens is 2. The second-order valence-electron chi connectivity index (χ2n) is 3.29. The molecule has 0 aliphatic carbocycles. The number of nitrogens with zero attached hydrogens (tertiary/aromatic N) is 2. The summed E-state index contributed by atoms with van der Waals surface area (Å²) in [6.45, 7) is 0. The highest BCUT2D eigenvalue weighted by atomic mass is 32.1. The van der Waals surface area contributed by atoms with Gasteiger partial charge in [-0.3, -0.25) is 4.79 Å². The van der Waals surface area contributed by atoms with Crippen molar-refractivity contribution in [3.63, 3.8) is 0 Å². The number of nitrogens with two attached hydrogens (primary N) is 1. The van der Waals surface area contributed by atoms with Crippen molar-refractivity contribution in [1.29, 1.82) is 0 Å². The van der Waals surface area contributed by atoms with Crippen LogP contribution in [-0.4, -0.2) is 20.5 Å². The van der Waals surface area contributed by atoms with Crippen LogP contribution in [0.3, 0.4) is 0 Å². The predicted molar refractivity (Wildman–Crippen MR) is 70.1 cm³/mol. The molecule has 0 saturated heterocycles. The third kappa shape index (κ3) is 2.66. The first-order valence-corrected chi connectivity index (χ1v) is 5.94. The van der Waals surface area contributed by atoms with Crippen molar-refractivity contribution in [2.24, 2.45) is 5.73 Å². The maximum Gasteiger partial charge on any atom is 0.269 e. The van der Waals surface area contributed by atoms with Gasteiger partial charge in [0.2, 0.25) is 0 Å². The Morgan fingerprint density at radius 2 is 2.28 bits per heavy atom. The molecule has 18 heavy (non-hydrogen) atoms. The van der Waals surface area contributed by atoms with E-state index in [0.717, 1.165) is 11.5 Å². The zero-order chi connectivity index (χ0) is 13.1. The Bertz CT molecular complexity index is 600. The van der Waals surface area contributed by atoms with E-state index in [4.69, 9.17) is 18.0 Å². The Hall–Kier alpha value is -1.93. The Labute approximate surface area is 111 Å². The number of rotatable bonds is 3. The molecule has 2 rings (SSSR count). The average Bonchev–Trinajstić information content (AvgIpc) is 2.85. The fourth-order valence-electron chi connectivity index (χ4n) is 1.22. The number of nitrogens with one attached hydrogen (secondary N) is 1. The van der Waals surface area contributed by atoms with Crippen molar-refractivity contribution in [2.45, 2.75) is 0 Å². The Morgan fingerprint density at radius 1 is 1.50 bits per heavy atom. The number of thiocarbonyl (C=S) groups is 1. The van der Waals surface area contributed by atoms with E-state index in [9.17, 15) is 9.18 Å². The minimum absolute atomic E-state index is 0.0494. The van der Waals surface area contributed by atoms with Gasteiger partial charge in [-0.1, -0.05) is 16.7 Å². The summed E-state index contributed by atoms with van der Waals surface area (Å²) in [6.07, 6.45) is 1.31. The van der Waals surface area contributed by atoms with Gasteiger partial charge >= 0.3 is 0 Å². The highest BCUT2D eigenvalue weighted by Gasteiger charge is 2.12. The first-order chi connectivity index (χ1) is 8.58. The van der Waals surface area contributed by atoms with Crippen LogP contribution in [0.15, 0.2) is 24.4 Å². The van der Waals surface area contributed by atoms with E-state index in [2.05, 4.69) is 14.9 Å². The smallest absolute Gasteiger partial charge is 0.269 e. The summed E-state index contributed by atoms with van der Waals surface area (Å²) < 4.78 is 17.2. The van der Waals surface area contributed by atoms with Crippen LogP contribution in [0.2, 0.25) is 0 Å². The molecule has 0 aliphatic rings. The molecule has 0 spiro atoms. The summed E-state index contributed by atoms with van der Waals surface area (Å²) in [4.78, 5) is 12.0. The normalized spacial score (nSPS) is 10.1. The summed E-state index contributed by atoms with van der Waals surface area (Å²) in [5, 5.41) is 5.94. The Balaban J connectivity index is 2.20. The third-order valence-electron chi connectivity index (χ3n) is 2.09. The average molecular weight is 282 g/mol. The van der Waals surface area contributed by atoms with Gasteiger partial charge in [0.05, 0.1) is 11.9 Å². The van der Waals surface area contributed by atoms with Crippen molar-refractivity contribution >= 4 is 40.3 Å². The molecular formula is C10H7FN4OS2. The van der Waals surface area contributed by atoms with Crippen LogP contribution in [-0.2, 0) is 0 Å². The molecule has 0 bridgehead atoms. The molecule has 1 amide bonds. The molecule has 0 atom stereocenters. The standard InChI is InChI=1S/C10H7FN4OS2/c11-6-3-5(9(12)17)1-2-7(6)14-10(16)8-4-13-15-18-8/h1-4H,(H2,12,17)(H,14,16). The Morgan fingerprint density at radius 3 is 2.83 bits per heavy atom. The highest BCUT2D eigenvalue weighted by Crippen LogP contribution is 2.17. The van der Waals surface area contributed by atoms with Gasteiger partial charge in [-0.15, -0.1) is 5.10 Å². The SMILES string of the molecule is NC(=S)c1ccc(NC(=O)c2cnns2)c(F)c1. The lowest BCUT2D eigenvalue weighted by Crippen LogP contribution is -2.13. The van der Waals surface area contributed by atoms with Crippen molar-refractivity contribution in [1.82, 2.24) is 9.59 Å². The van der Waals surface area contributed by atoms with Crippen LogP contribution in [0.4, 0.5) is 10.1 Å². The van der Waals surface area contributed by atoms with E-state index in [1.54, 1.807) is 0 Å². The van der Waals surface area contributed by atoms with Gasteiger partial charge in [0, 0.05) is 5.56 Å². The van der Waals surface area contributed by atoms with E-state index in [-0.39, 0.29) is 10.7 Å². The van der Waals surface area contributed by atoms with E-state index < -0.39 is 11.7 Å². The van der Waals surface area contributed by atoms with Crippen molar-refractivity contribution in [3.8, 4) is 0 Å². The molecule has 8 heteroatoms. The van der Waals surface area contributed by atoms with E-state index in [0.29, 0.717) is 10.4 Å². The molecule has 2 aromatic rings. The van der Waals surface area contributed by atoms with E-state index in [1.165, 1.54) is 24.4 Å². The summed E-state index contributed by atoms with van der Waals surface area (Å²) in [5.41, 5.74) is 5.83. The molecule has 0 fully saturated rings. The molecule has 1 aromatic heterocycles. The maximum atomic E-state index is 13.7. The van der Waals surface area contributed by atoms with Crippen molar-refractivity contribution in [2.75, 3.05) is 5.32 Å². The monoisotopic (exact) mass is 282 g/mol. The summed E-state index contributed by atoms with van der Waals surface area (Å²) in [6, 6.07) is 4.10. The van der Waals surface area contributed by atoms with E-state index >= 15 is 0 Å². The molecule has 0 radical (unpaired) electrons. The van der Waals surface area contributed by atoms with Gasteiger partial charge in [0.15, 0.2) is 0 Å². The van der Waals surface area contributed by atoms with Gasteiger partial charge in [0.1, 0.15) is 15.7 Å². The minimum atomic E-state index is -0.605. The lowest BCUT2D eigenvalue weighted by Gasteiger charge is -2.06. The van der Waals surface area contributed by atoms with Crippen LogP contribution >= 0.6 is 23.8 Å². The number of benzene rings is 1. The molecule has 3 N–H and O–H groups in total. The number of halogens is 1. The maximum absolute atomic E-state index is 13.7. The zero-order valence-electron chi connectivity index (χ0n) is 8.88. The largest absolute Gasteiger partial charge is 0.389 e. The zero-order valence-corrected chi connectivity index (χ0v) is 10.5. The second kappa shape index (κ2) is 5.15. The number of anilines is 1. The van der Waals surface area contributed by atoms with Gasteiger partial charge in [-0.05, 0) is 29.7 Å². The van der Waals surface area contributed by atoms with Crippen LogP contribution in [0.25, 0.3) is 0 Å². The van der Waals surface area contributed by atoms with Crippen LogP contribution in [0, 0.1) is 5.82 Å². The molecule has 0 saturated carbocycles. The van der Waals surface area contributed by atoms with Crippen molar-refractivity contribution in [3.05, 3.63) is 40.7 Å². The quantitative estimate of drug-likeness (QED) is 0.835. The number of carbonyl (C=O) groups excluding carboxylic acids is 1. The fraction of sp³-hybridized carbons (Fsp3) is 0. The molecule has 92 valence electrons. The number of hydrogen-bond donors (Lipinski definition) is 2. The van der Waals surface area contributed by atoms with Crippen LogP contribution in [0.5, 0.6) is 0 Å². The molecule has 0 aliphatic heterocycles. The molecule has 0 unspecified atom stereocenters. The molecular weight excluding hydrogens is 275 g/mol.